The van der Waals surface area contributed by atoms with Crippen LogP contribution in [0.25, 0.3) is 11.1 Å². The number of aromatic nitrogens is 1. The minimum Gasteiger partial charge on any atom is -0.392 e. The molecular formula is C40H45N3O4. The summed E-state index contributed by atoms with van der Waals surface area (Å²) in [6.45, 7) is 8.35. The molecule has 0 spiro atoms. The highest BCUT2D eigenvalue weighted by molar-refractivity contribution is 5.93. The number of aliphatic hydroxyl groups is 1. The SMILES string of the molecule is C=CCN(CC1OC(c2ccc(-c3ccccc3CNC(=O)c3cccnc3)cc2)OC(c2ccc(CO)cc2)C1C)C1CCCC1. The Morgan fingerprint density at radius 2 is 1.72 bits per heavy atom. The minimum absolute atomic E-state index is 0.0139. The van der Waals surface area contributed by atoms with Crippen LogP contribution in [0.3, 0.4) is 0 Å². The fraction of sp³-hybridized carbons (Fsp3) is 0.350. The summed E-state index contributed by atoms with van der Waals surface area (Å²) in [5, 5.41) is 12.6. The fourth-order valence-electron chi connectivity index (χ4n) is 6.92. The van der Waals surface area contributed by atoms with Gasteiger partial charge in [0.05, 0.1) is 24.4 Å². The number of pyridine rings is 1. The Hall–Kier alpha value is -4.14. The Morgan fingerprint density at radius 3 is 2.43 bits per heavy atom. The van der Waals surface area contributed by atoms with E-state index in [1.54, 1.807) is 24.5 Å². The first-order valence-electron chi connectivity index (χ1n) is 16.8. The van der Waals surface area contributed by atoms with Gasteiger partial charge >= 0.3 is 0 Å². The lowest BCUT2D eigenvalue weighted by Crippen LogP contribution is -2.47. The molecule has 1 aliphatic heterocycles. The van der Waals surface area contributed by atoms with Crippen LogP contribution in [-0.4, -0.2) is 46.1 Å². The molecule has 4 atom stereocenters. The van der Waals surface area contributed by atoms with Gasteiger partial charge in [0.2, 0.25) is 0 Å². The lowest BCUT2D eigenvalue weighted by Gasteiger charge is -2.43. The first kappa shape index (κ1) is 32.8. The van der Waals surface area contributed by atoms with Gasteiger partial charge in [0.25, 0.3) is 5.91 Å². The first-order valence-corrected chi connectivity index (χ1v) is 16.8. The number of aliphatic hydroxyl groups excluding tert-OH is 1. The molecule has 4 unspecified atom stereocenters. The van der Waals surface area contributed by atoms with Crippen molar-refractivity contribution in [1.82, 2.24) is 15.2 Å². The summed E-state index contributed by atoms with van der Waals surface area (Å²) >= 11 is 0. The zero-order valence-corrected chi connectivity index (χ0v) is 27.1. The van der Waals surface area contributed by atoms with Gasteiger partial charge in [-0.2, -0.15) is 0 Å². The fourth-order valence-corrected chi connectivity index (χ4v) is 6.92. The molecule has 7 nitrogen and oxygen atoms in total. The predicted octanol–water partition coefficient (Wildman–Crippen LogP) is 7.39. The summed E-state index contributed by atoms with van der Waals surface area (Å²) in [6, 6.07) is 28.6. The van der Waals surface area contributed by atoms with Crippen LogP contribution < -0.4 is 5.32 Å². The van der Waals surface area contributed by atoms with Crippen LogP contribution in [0.15, 0.2) is 110 Å². The van der Waals surface area contributed by atoms with Gasteiger partial charge in [0.15, 0.2) is 6.29 Å². The Bertz CT molecular complexity index is 1600. The molecule has 1 saturated carbocycles. The van der Waals surface area contributed by atoms with Gasteiger partial charge in [-0.1, -0.05) is 98.6 Å². The van der Waals surface area contributed by atoms with Crippen molar-refractivity contribution >= 4 is 5.91 Å². The topological polar surface area (TPSA) is 83.9 Å². The Kier molecular flexibility index (Phi) is 10.9. The maximum Gasteiger partial charge on any atom is 0.253 e. The number of carbonyl (C=O) groups excluding carboxylic acids is 1. The second kappa shape index (κ2) is 15.6. The molecule has 47 heavy (non-hydrogen) atoms. The van der Waals surface area contributed by atoms with E-state index in [1.165, 1.54) is 25.7 Å². The van der Waals surface area contributed by atoms with Gasteiger partial charge in [-0.25, -0.2) is 0 Å². The summed E-state index contributed by atoms with van der Waals surface area (Å²) in [4.78, 5) is 19.3. The van der Waals surface area contributed by atoms with Crippen molar-refractivity contribution in [2.24, 2.45) is 5.92 Å². The molecule has 1 aliphatic carbocycles. The smallest absolute Gasteiger partial charge is 0.253 e. The number of hydrogen-bond acceptors (Lipinski definition) is 6. The standard InChI is InChI=1S/C40H45N3O4/c1-3-23-43(35-11-5-6-12-35)26-37-28(2)38(31-16-14-29(27-44)15-17-31)47-40(46-37)32-20-18-30(19-21-32)36-13-7-4-9-33(36)25-42-39(45)34-10-8-22-41-24-34/h3-4,7-10,13-22,24,28,35,37-38,40,44H,1,5-6,11-12,23,25-27H2,2H3,(H,42,45). The molecule has 1 aromatic heterocycles. The van der Waals surface area contributed by atoms with E-state index in [2.05, 4.69) is 71.2 Å². The van der Waals surface area contributed by atoms with Crippen LogP contribution in [0.1, 0.15) is 77.6 Å². The summed E-state index contributed by atoms with van der Waals surface area (Å²) in [5.41, 5.74) is 6.60. The lowest BCUT2D eigenvalue weighted by atomic mass is 9.89. The number of ether oxygens (including phenoxy) is 2. The normalized spacial score (nSPS) is 21.5. The molecule has 2 heterocycles. The third-order valence-corrected chi connectivity index (χ3v) is 9.62. The number of rotatable bonds is 12. The second-order valence-corrected chi connectivity index (χ2v) is 12.7. The molecule has 4 aromatic rings. The van der Waals surface area contributed by atoms with E-state index in [0.29, 0.717) is 18.2 Å². The van der Waals surface area contributed by atoms with Crippen LogP contribution in [0.2, 0.25) is 0 Å². The van der Waals surface area contributed by atoms with E-state index in [4.69, 9.17) is 9.47 Å². The van der Waals surface area contributed by atoms with Crippen molar-refractivity contribution in [1.29, 1.82) is 0 Å². The lowest BCUT2D eigenvalue weighted by molar-refractivity contribution is -0.276. The van der Waals surface area contributed by atoms with Crippen molar-refractivity contribution in [3.8, 4) is 11.1 Å². The third-order valence-electron chi connectivity index (χ3n) is 9.62. The van der Waals surface area contributed by atoms with Crippen molar-refractivity contribution in [3.05, 3.63) is 138 Å². The van der Waals surface area contributed by atoms with Crippen molar-refractivity contribution in [2.75, 3.05) is 13.1 Å². The molecule has 1 amide bonds. The van der Waals surface area contributed by atoms with Crippen LogP contribution in [0.5, 0.6) is 0 Å². The Morgan fingerprint density at radius 1 is 0.979 bits per heavy atom. The summed E-state index contributed by atoms with van der Waals surface area (Å²) < 4.78 is 13.5. The number of nitrogens with one attached hydrogen (secondary N) is 1. The molecule has 0 radical (unpaired) electrons. The van der Waals surface area contributed by atoms with Crippen LogP contribution in [0.4, 0.5) is 0 Å². The summed E-state index contributed by atoms with van der Waals surface area (Å²) in [5.74, 6) is -0.0354. The Labute approximate surface area is 278 Å². The van der Waals surface area contributed by atoms with E-state index in [9.17, 15) is 9.90 Å². The van der Waals surface area contributed by atoms with E-state index < -0.39 is 6.29 Å². The number of amides is 1. The van der Waals surface area contributed by atoms with Crippen molar-refractivity contribution < 1.29 is 19.4 Å². The van der Waals surface area contributed by atoms with Gasteiger partial charge in [0, 0.05) is 49.6 Å². The van der Waals surface area contributed by atoms with Crippen LogP contribution in [0, 0.1) is 5.92 Å². The zero-order valence-electron chi connectivity index (χ0n) is 27.1. The quantitative estimate of drug-likeness (QED) is 0.159. The van der Waals surface area contributed by atoms with Gasteiger partial charge in [0.1, 0.15) is 0 Å². The summed E-state index contributed by atoms with van der Waals surface area (Å²) in [7, 11) is 0. The summed E-state index contributed by atoms with van der Waals surface area (Å²) in [6.07, 6.45) is 9.49. The van der Waals surface area contributed by atoms with E-state index in [-0.39, 0.29) is 30.6 Å². The molecule has 3 aromatic carbocycles. The number of nitrogens with zero attached hydrogens (tertiary/aromatic N) is 2. The second-order valence-electron chi connectivity index (χ2n) is 12.7. The molecule has 244 valence electrons. The number of hydrogen-bond donors (Lipinski definition) is 2. The Balaban J connectivity index is 1.23. The largest absolute Gasteiger partial charge is 0.392 e. The van der Waals surface area contributed by atoms with Crippen LogP contribution >= 0.6 is 0 Å². The van der Waals surface area contributed by atoms with E-state index >= 15 is 0 Å². The van der Waals surface area contributed by atoms with Gasteiger partial charge in [-0.3, -0.25) is 14.7 Å². The van der Waals surface area contributed by atoms with Crippen molar-refractivity contribution in [2.45, 2.75) is 70.3 Å². The molecule has 2 fully saturated rings. The first-order chi connectivity index (χ1) is 23.0. The number of benzene rings is 3. The highest BCUT2D eigenvalue weighted by Gasteiger charge is 2.40. The minimum atomic E-state index is -0.532. The molecule has 6 rings (SSSR count). The zero-order chi connectivity index (χ0) is 32.6. The van der Waals surface area contributed by atoms with Gasteiger partial charge < -0.3 is 19.9 Å². The van der Waals surface area contributed by atoms with Gasteiger partial charge in [-0.15, -0.1) is 6.58 Å². The molecule has 2 aliphatic rings. The monoisotopic (exact) mass is 631 g/mol. The van der Waals surface area contributed by atoms with Gasteiger partial charge in [-0.05, 0) is 52.8 Å². The number of carbonyl (C=O) groups is 1. The molecule has 2 N–H and O–H groups in total. The van der Waals surface area contributed by atoms with E-state index in [0.717, 1.165) is 46.5 Å². The maximum atomic E-state index is 12.7. The molecule has 0 bridgehead atoms. The maximum absolute atomic E-state index is 12.7. The highest BCUT2D eigenvalue weighted by atomic mass is 16.7. The van der Waals surface area contributed by atoms with E-state index in [1.807, 2.05) is 36.4 Å². The molecule has 7 heteroatoms. The molecule has 1 saturated heterocycles. The highest BCUT2D eigenvalue weighted by Crippen LogP contribution is 2.42. The predicted molar refractivity (Wildman–Crippen MR) is 184 cm³/mol. The average molecular weight is 632 g/mol. The third kappa shape index (κ3) is 7.88. The average Bonchev–Trinajstić information content (AvgIpc) is 3.67. The van der Waals surface area contributed by atoms with Crippen LogP contribution in [-0.2, 0) is 22.6 Å². The van der Waals surface area contributed by atoms with Crippen molar-refractivity contribution in [3.63, 3.8) is 0 Å². The molecular weight excluding hydrogens is 586 g/mol.